The third-order valence-electron chi connectivity index (χ3n) is 3.59. The van der Waals surface area contributed by atoms with Crippen molar-refractivity contribution in [3.63, 3.8) is 0 Å². The van der Waals surface area contributed by atoms with Crippen LogP contribution in [0, 0.1) is 17.0 Å². The van der Waals surface area contributed by atoms with Gasteiger partial charge in [0.1, 0.15) is 0 Å². The molecule has 21 heavy (non-hydrogen) atoms. The number of hydrogen-bond donors (Lipinski definition) is 1. The van der Waals surface area contributed by atoms with Gasteiger partial charge in [-0.3, -0.25) is 14.9 Å². The highest BCUT2D eigenvalue weighted by molar-refractivity contribution is 5.91. The first-order valence-corrected chi connectivity index (χ1v) is 6.32. The average molecular weight is 293 g/mol. The highest BCUT2D eigenvalue weighted by atomic mass is 16.6. The Labute approximate surface area is 120 Å². The second-order valence-electron chi connectivity index (χ2n) is 4.94. The number of nitro groups is 1. The Kier molecular flexibility index (Phi) is 3.79. The number of amides is 1. The van der Waals surface area contributed by atoms with Crippen molar-refractivity contribution < 1.29 is 19.6 Å². The summed E-state index contributed by atoms with van der Waals surface area (Å²) in [6, 6.07) is 2.42. The van der Waals surface area contributed by atoms with Crippen LogP contribution in [0.2, 0.25) is 0 Å². The first-order valence-electron chi connectivity index (χ1n) is 6.32. The van der Waals surface area contributed by atoms with E-state index in [1.807, 2.05) is 0 Å². The van der Waals surface area contributed by atoms with Gasteiger partial charge < -0.3 is 14.9 Å². The molecule has 0 bridgehead atoms. The summed E-state index contributed by atoms with van der Waals surface area (Å²) in [5.41, 5.74) is 0.371. The number of carbonyl (C=O) groups excluding carboxylic acids is 1. The van der Waals surface area contributed by atoms with Crippen LogP contribution in [0.4, 0.5) is 11.4 Å². The number of carbonyl (C=O) groups is 2. The van der Waals surface area contributed by atoms with Gasteiger partial charge in [-0.15, -0.1) is 0 Å². The molecular formula is C13H15N3O5. The molecule has 8 heteroatoms. The van der Waals surface area contributed by atoms with E-state index in [-0.39, 0.29) is 23.7 Å². The molecule has 0 aromatic heterocycles. The second-order valence-corrected chi connectivity index (χ2v) is 4.94. The summed E-state index contributed by atoms with van der Waals surface area (Å²) >= 11 is 0. The fourth-order valence-electron chi connectivity index (χ4n) is 2.29. The van der Waals surface area contributed by atoms with Gasteiger partial charge in [0, 0.05) is 31.9 Å². The van der Waals surface area contributed by atoms with E-state index in [9.17, 15) is 19.7 Å². The van der Waals surface area contributed by atoms with Crippen molar-refractivity contribution in [1.29, 1.82) is 0 Å². The van der Waals surface area contributed by atoms with Crippen molar-refractivity contribution in [3.05, 3.63) is 33.4 Å². The second kappa shape index (κ2) is 5.39. The third-order valence-corrected chi connectivity index (χ3v) is 3.59. The van der Waals surface area contributed by atoms with Gasteiger partial charge in [0.2, 0.25) is 5.91 Å². The quantitative estimate of drug-likeness (QED) is 0.655. The van der Waals surface area contributed by atoms with E-state index in [4.69, 9.17) is 5.11 Å². The average Bonchev–Trinajstić information content (AvgIpc) is 2.41. The zero-order valence-corrected chi connectivity index (χ0v) is 11.7. The van der Waals surface area contributed by atoms with Crippen LogP contribution in [0.3, 0.4) is 0 Å². The van der Waals surface area contributed by atoms with Gasteiger partial charge in [-0.2, -0.15) is 0 Å². The number of carboxylic acids is 1. The van der Waals surface area contributed by atoms with E-state index in [1.54, 1.807) is 23.8 Å². The first-order chi connectivity index (χ1) is 9.81. The van der Waals surface area contributed by atoms with E-state index in [0.29, 0.717) is 24.3 Å². The predicted octanol–water partition coefficient (Wildman–Crippen LogP) is 0.880. The van der Waals surface area contributed by atoms with Gasteiger partial charge in [-0.25, -0.2) is 4.79 Å². The Morgan fingerprint density at radius 1 is 1.38 bits per heavy atom. The van der Waals surface area contributed by atoms with Crippen LogP contribution in [0.25, 0.3) is 0 Å². The lowest BCUT2D eigenvalue weighted by molar-refractivity contribution is -0.385. The van der Waals surface area contributed by atoms with E-state index in [1.165, 1.54) is 6.07 Å². The number of anilines is 1. The lowest BCUT2D eigenvalue weighted by Gasteiger charge is -2.34. The maximum absolute atomic E-state index is 11.8. The van der Waals surface area contributed by atoms with Crippen LogP contribution in [0.5, 0.6) is 0 Å². The van der Waals surface area contributed by atoms with Crippen molar-refractivity contribution in [1.82, 2.24) is 4.90 Å². The Hall–Kier alpha value is -2.64. The smallest absolute Gasteiger partial charge is 0.336 e. The zero-order chi connectivity index (χ0) is 15.7. The molecule has 0 atom stereocenters. The fourth-order valence-corrected chi connectivity index (χ4v) is 2.29. The van der Waals surface area contributed by atoms with E-state index >= 15 is 0 Å². The first kappa shape index (κ1) is 14.8. The molecule has 1 fully saturated rings. The number of rotatable bonds is 3. The molecule has 1 amide bonds. The molecule has 1 N–H and O–H groups in total. The number of hydrogen-bond acceptors (Lipinski definition) is 5. The largest absolute Gasteiger partial charge is 0.478 e. The lowest BCUT2D eigenvalue weighted by atomic mass is 10.1. The van der Waals surface area contributed by atoms with E-state index in [2.05, 4.69) is 0 Å². The van der Waals surface area contributed by atoms with Crippen molar-refractivity contribution in [2.24, 2.45) is 0 Å². The molecule has 0 unspecified atom stereocenters. The van der Waals surface area contributed by atoms with Crippen molar-refractivity contribution >= 4 is 23.3 Å². The topological polar surface area (TPSA) is 104 Å². The number of aromatic carboxylic acids is 1. The summed E-state index contributed by atoms with van der Waals surface area (Å²) in [6.07, 6.45) is 0. The van der Waals surface area contributed by atoms with Gasteiger partial charge in [0.15, 0.2) is 0 Å². The minimum Gasteiger partial charge on any atom is -0.478 e. The highest BCUT2D eigenvalue weighted by Crippen LogP contribution is 2.31. The summed E-state index contributed by atoms with van der Waals surface area (Å²) in [7, 11) is 1.68. The normalized spacial score (nSPS) is 15.2. The number of carboxylic acid groups (broad SMARTS) is 1. The molecule has 0 radical (unpaired) electrons. The predicted molar refractivity (Wildman–Crippen MR) is 74.6 cm³/mol. The minimum atomic E-state index is -1.24. The minimum absolute atomic E-state index is 0.0809. The Morgan fingerprint density at radius 2 is 2.05 bits per heavy atom. The zero-order valence-electron chi connectivity index (χ0n) is 11.7. The van der Waals surface area contributed by atoms with Gasteiger partial charge >= 0.3 is 5.97 Å². The Morgan fingerprint density at radius 3 is 2.57 bits per heavy atom. The maximum atomic E-state index is 11.8. The summed E-state index contributed by atoms with van der Waals surface area (Å²) in [6.45, 7) is 2.63. The molecule has 0 spiro atoms. The summed E-state index contributed by atoms with van der Waals surface area (Å²) in [4.78, 5) is 36.6. The molecule has 1 aromatic rings. The van der Waals surface area contributed by atoms with Gasteiger partial charge in [0.25, 0.3) is 5.69 Å². The van der Waals surface area contributed by atoms with E-state index < -0.39 is 10.9 Å². The number of likely N-dealkylation sites (N-methyl/N-ethyl adjacent to an activating group) is 1. The summed E-state index contributed by atoms with van der Waals surface area (Å²) < 4.78 is 0. The third kappa shape index (κ3) is 2.78. The highest BCUT2D eigenvalue weighted by Gasteiger charge is 2.26. The van der Waals surface area contributed by atoms with E-state index in [0.717, 1.165) is 6.07 Å². The van der Waals surface area contributed by atoms with Crippen LogP contribution in [-0.2, 0) is 4.79 Å². The molecule has 0 aliphatic carbocycles. The monoisotopic (exact) mass is 293 g/mol. The number of nitro benzene ring substituents is 1. The molecule has 0 saturated carbocycles. The van der Waals surface area contributed by atoms with Crippen LogP contribution in [-0.4, -0.2) is 53.5 Å². The number of piperazine rings is 1. The molecule has 2 rings (SSSR count). The van der Waals surface area contributed by atoms with Gasteiger partial charge in [-0.05, 0) is 13.0 Å². The fraction of sp³-hybridized carbons (Fsp3) is 0.385. The van der Waals surface area contributed by atoms with Crippen LogP contribution >= 0.6 is 0 Å². The van der Waals surface area contributed by atoms with Gasteiger partial charge in [0.05, 0.1) is 22.6 Å². The Balaban J connectivity index is 2.49. The number of nitrogens with zero attached hydrogens (tertiary/aromatic N) is 3. The Bertz CT molecular complexity index is 628. The molecule has 1 aromatic carbocycles. The molecule has 1 saturated heterocycles. The molecule has 1 aliphatic rings. The molecule has 1 aliphatic heterocycles. The molecular weight excluding hydrogens is 278 g/mol. The SMILES string of the molecule is Cc1c(N2CCN(C)C(=O)C2)cc(C(=O)O)cc1[N+](=O)[O-]. The van der Waals surface area contributed by atoms with Crippen LogP contribution in [0.15, 0.2) is 12.1 Å². The van der Waals surface area contributed by atoms with Crippen LogP contribution in [0.1, 0.15) is 15.9 Å². The standard InChI is InChI=1S/C13H15N3O5/c1-8-10(15-4-3-14(2)12(17)7-15)5-9(13(18)19)6-11(8)16(20)21/h5-6H,3-4,7H2,1-2H3,(H,18,19). The molecule has 1 heterocycles. The molecule has 112 valence electrons. The van der Waals surface area contributed by atoms with Crippen molar-refractivity contribution in [2.75, 3.05) is 31.6 Å². The van der Waals surface area contributed by atoms with Gasteiger partial charge in [-0.1, -0.05) is 0 Å². The lowest BCUT2D eigenvalue weighted by Crippen LogP contribution is -2.48. The molecule has 8 nitrogen and oxygen atoms in total. The van der Waals surface area contributed by atoms with Crippen molar-refractivity contribution in [2.45, 2.75) is 6.92 Å². The number of benzene rings is 1. The van der Waals surface area contributed by atoms with Crippen molar-refractivity contribution in [3.8, 4) is 0 Å². The summed E-state index contributed by atoms with van der Waals surface area (Å²) in [5.74, 6) is -1.34. The summed E-state index contributed by atoms with van der Waals surface area (Å²) in [5, 5.41) is 20.1. The van der Waals surface area contributed by atoms with Crippen LogP contribution < -0.4 is 4.90 Å². The maximum Gasteiger partial charge on any atom is 0.336 e.